The fourth-order valence-electron chi connectivity index (χ4n) is 5.36. The molecule has 4 saturated carbocycles. The first-order chi connectivity index (χ1) is 8.54. The monoisotopic (exact) mass is 250 g/mol. The Kier molecular flexibility index (Phi) is 2.95. The first-order valence-corrected chi connectivity index (χ1v) is 7.26. The van der Waals surface area contributed by atoms with Gasteiger partial charge in [-0.2, -0.15) is 0 Å². The van der Waals surface area contributed by atoms with Gasteiger partial charge in [0.05, 0.1) is 6.42 Å². The summed E-state index contributed by atoms with van der Waals surface area (Å²) in [5, 5.41) is 9.04. The molecule has 0 heterocycles. The van der Waals surface area contributed by atoms with E-state index in [4.69, 9.17) is 5.11 Å². The van der Waals surface area contributed by atoms with E-state index >= 15 is 0 Å². The molecule has 0 aromatic heterocycles. The minimum absolute atomic E-state index is 0.0440. The van der Waals surface area contributed by atoms with Crippen molar-refractivity contribution < 1.29 is 14.7 Å². The van der Waals surface area contributed by atoms with E-state index < -0.39 is 5.97 Å². The summed E-state index contributed by atoms with van der Waals surface area (Å²) in [6, 6.07) is 0. The number of aliphatic carboxylic acids is 1. The second kappa shape index (κ2) is 4.36. The maximum Gasteiger partial charge on any atom is 0.304 e. The average molecular weight is 250 g/mol. The summed E-state index contributed by atoms with van der Waals surface area (Å²) >= 11 is 0. The van der Waals surface area contributed by atoms with Crippen LogP contribution < -0.4 is 0 Å². The van der Waals surface area contributed by atoms with E-state index in [9.17, 15) is 9.59 Å². The highest BCUT2D eigenvalue weighted by Crippen LogP contribution is 2.58. The summed E-state index contributed by atoms with van der Waals surface area (Å²) in [4.78, 5) is 22.8. The molecule has 3 nitrogen and oxygen atoms in total. The van der Waals surface area contributed by atoms with Crippen LogP contribution in [0.1, 0.15) is 45.4 Å². The SMILES string of the molecule is CC(=O)C(CC(=O)O)C1C2CC3CC(C2)CC1C3. The van der Waals surface area contributed by atoms with Crippen LogP contribution in [0.5, 0.6) is 0 Å². The maximum absolute atomic E-state index is 11.8. The number of carboxylic acid groups (broad SMARTS) is 1. The van der Waals surface area contributed by atoms with Crippen molar-refractivity contribution >= 4 is 11.8 Å². The Morgan fingerprint density at radius 3 is 1.94 bits per heavy atom. The quantitative estimate of drug-likeness (QED) is 0.834. The van der Waals surface area contributed by atoms with Crippen molar-refractivity contribution in [1.29, 1.82) is 0 Å². The molecule has 3 heteroatoms. The standard InChI is InChI=1S/C15H22O3/c1-8(16)13(7-14(17)18)15-11-3-9-2-10(5-11)6-12(15)4-9/h9-13,15H,2-7H2,1H3,(H,17,18). The first kappa shape index (κ1) is 12.2. The fraction of sp³-hybridized carbons (Fsp3) is 0.867. The highest BCUT2D eigenvalue weighted by atomic mass is 16.4. The number of carboxylic acids is 1. The number of hydrogen-bond donors (Lipinski definition) is 1. The highest BCUT2D eigenvalue weighted by Gasteiger charge is 2.51. The van der Waals surface area contributed by atoms with Crippen LogP contribution in [0.25, 0.3) is 0 Å². The summed E-state index contributed by atoms with van der Waals surface area (Å²) in [5.41, 5.74) is 0. The van der Waals surface area contributed by atoms with Crippen LogP contribution in [-0.2, 0) is 9.59 Å². The van der Waals surface area contributed by atoms with Gasteiger partial charge in [-0.05, 0) is 68.6 Å². The lowest BCUT2D eigenvalue weighted by atomic mass is 9.49. The van der Waals surface area contributed by atoms with Crippen LogP contribution in [0.3, 0.4) is 0 Å². The molecule has 0 amide bonds. The van der Waals surface area contributed by atoms with Gasteiger partial charge in [0.1, 0.15) is 5.78 Å². The predicted molar refractivity (Wildman–Crippen MR) is 67.0 cm³/mol. The van der Waals surface area contributed by atoms with Gasteiger partial charge in [0, 0.05) is 5.92 Å². The van der Waals surface area contributed by atoms with Crippen molar-refractivity contribution in [2.24, 2.45) is 35.5 Å². The third-order valence-electron chi connectivity index (χ3n) is 5.68. The van der Waals surface area contributed by atoms with Gasteiger partial charge in [-0.1, -0.05) is 0 Å². The first-order valence-electron chi connectivity index (χ1n) is 7.26. The van der Waals surface area contributed by atoms with Crippen molar-refractivity contribution in [2.45, 2.75) is 45.4 Å². The van der Waals surface area contributed by atoms with Gasteiger partial charge < -0.3 is 5.11 Å². The molecule has 1 N–H and O–H groups in total. The summed E-state index contributed by atoms with van der Waals surface area (Å²) in [5.74, 6) is 2.44. The fourth-order valence-corrected chi connectivity index (χ4v) is 5.36. The molecule has 0 aromatic rings. The Morgan fingerprint density at radius 2 is 1.56 bits per heavy atom. The Hall–Kier alpha value is -0.860. The molecule has 1 atom stereocenters. The zero-order chi connectivity index (χ0) is 12.9. The molecule has 4 fully saturated rings. The number of carbonyl (C=O) groups is 2. The van der Waals surface area contributed by atoms with Crippen molar-refractivity contribution in [1.82, 2.24) is 0 Å². The molecule has 0 radical (unpaired) electrons. The van der Waals surface area contributed by atoms with E-state index in [1.165, 1.54) is 32.1 Å². The van der Waals surface area contributed by atoms with Crippen molar-refractivity contribution in [3.05, 3.63) is 0 Å². The van der Waals surface area contributed by atoms with Crippen molar-refractivity contribution in [3.8, 4) is 0 Å². The molecule has 100 valence electrons. The normalized spacial score (nSPS) is 42.8. The second-order valence-corrected chi connectivity index (χ2v) is 6.82. The molecule has 4 aliphatic carbocycles. The topological polar surface area (TPSA) is 54.4 Å². The molecule has 0 saturated heterocycles. The van der Waals surface area contributed by atoms with E-state index in [0.717, 1.165) is 11.8 Å². The van der Waals surface area contributed by atoms with Gasteiger partial charge in [0.2, 0.25) is 0 Å². The molecule has 18 heavy (non-hydrogen) atoms. The molecule has 1 unspecified atom stereocenters. The molecule has 0 spiro atoms. The third-order valence-corrected chi connectivity index (χ3v) is 5.68. The van der Waals surface area contributed by atoms with Crippen molar-refractivity contribution in [2.75, 3.05) is 0 Å². The van der Waals surface area contributed by atoms with Gasteiger partial charge >= 0.3 is 5.97 Å². The Labute approximate surface area is 108 Å². The van der Waals surface area contributed by atoms with Crippen LogP contribution in [0, 0.1) is 35.5 Å². The summed E-state index contributed by atoms with van der Waals surface area (Å²) in [6.45, 7) is 1.58. The zero-order valence-corrected chi connectivity index (χ0v) is 11.0. The molecule has 0 aromatic carbocycles. The summed E-state index contributed by atoms with van der Waals surface area (Å²) < 4.78 is 0. The number of hydrogen-bond acceptors (Lipinski definition) is 2. The Bertz CT molecular complexity index is 346. The summed E-state index contributed by atoms with van der Waals surface area (Å²) in [7, 11) is 0. The highest BCUT2D eigenvalue weighted by molar-refractivity contribution is 5.83. The van der Waals surface area contributed by atoms with Crippen LogP contribution in [0.2, 0.25) is 0 Å². The van der Waals surface area contributed by atoms with Gasteiger partial charge in [-0.3, -0.25) is 9.59 Å². The smallest absolute Gasteiger partial charge is 0.304 e. The average Bonchev–Trinajstić information content (AvgIpc) is 2.25. The van der Waals surface area contributed by atoms with Gasteiger partial charge in [0.25, 0.3) is 0 Å². The molecule has 4 aliphatic rings. The van der Waals surface area contributed by atoms with Crippen LogP contribution in [0.15, 0.2) is 0 Å². The number of rotatable bonds is 4. The number of ketones is 1. The van der Waals surface area contributed by atoms with E-state index in [2.05, 4.69) is 0 Å². The third kappa shape index (κ3) is 1.98. The van der Waals surface area contributed by atoms with E-state index in [1.54, 1.807) is 6.92 Å². The van der Waals surface area contributed by atoms with Crippen LogP contribution in [0.4, 0.5) is 0 Å². The molecule has 4 bridgehead atoms. The van der Waals surface area contributed by atoms with Gasteiger partial charge in [-0.25, -0.2) is 0 Å². The second-order valence-electron chi connectivity index (χ2n) is 6.82. The predicted octanol–water partition coefficient (Wildman–Crippen LogP) is 2.74. The zero-order valence-electron chi connectivity index (χ0n) is 11.0. The minimum atomic E-state index is -0.816. The molecule has 4 rings (SSSR count). The maximum atomic E-state index is 11.8. The molecule has 0 aliphatic heterocycles. The molecular weight excluding hydrogens is 228 g/mol. The largest absolute Gasteiger partial charge is 0.481 e. The number of carbonyl (C=O) groups excluding carboxylic acids is 1. The van der Waals surface area contributed by atoms with E-state index in [-0.39, 0.29) is 18.1 Å². The van der Waals surface area contributed by atoms with Crippen LogP contribution in [-0.4, -0.2) is 16.9 Å². The van der Waals surface area contributed by atoms with E-state index in [0.29, 0.717) is 17.8 Å². The lowest BCUT2D eigenvalue weighted by Gasteiger charge is -2.56. The lowest BCUT2D eigenvalue weighted by molar-refractivity contribution is -0.145. The number of Topliss-reactive ketones (excluding diaryl/α,β-unsaturated/α-hetero) is 1. The van der Waals surface area contributed by atoms with Gasteiger partial charge in [0.15, 0.2) is 0 Å². The minimum Gasteiger partial charge on any atom is -0.481 e. The van der Waals surface area contributed by atoms with Gasteiger partial charge in [-0.15, -0.1) is 0 Å². The van der Waals surface area contributed by atoms with Crippen molar-refractivity contribution in [3.63, 3.8) is 0 Å². The molecular formula is C15H22O3. The Balaban J connectivity index is 1.81. The van der Waals surface area contributed by atoms with E-state index in [1.807, 2.05) is 0 Å². The lowest BCUT2D eigenvalue weighted by Crippen LogP contribution is -2.49. The summed E-state index contributed by atoms with van der Waals surface area (Å²) in [6.07, 6.45) is 6.44. The van der Waals surface area contributed by atoms with Crippen LogP contribution >= 0.6 is 0 Å². The Morgan fingerprint density at radius 1 is 1.06 bits per heavy atom.